The Kier molecular flexibility index (Phi) is 5.21. The van der Waals surface area contributed by atoms with Gasteiger partial charge in [0.05, 0.1) is 10.6 Å². The van der Waals surface area contributed by atoms with Crippen LogP contribution >= 0.6 is 23.2 Å². The number of aromatic nitrogens is 1. The van der Waals surface area contributed by atoms with Crippen LogP contribution in [-0.2, 0) is 6.54 Å². The van der Waals surface area contributed by atoms with Crippen molar-refractivity contribution in [3.05, 3.63) is 63.4 Å². The molecule has 0 aliphatic heterocycles. The summed E-state index contributed by atoms with van der Waals surface area (Å²) in [6.45, 7) is 4.76. The number of hydrogen-bond acceptors (Lipinski definition) is 2. The Labute approximate surface area is 134 Å². The Morgan fingerprint density at radius 1 is 1.24 bits per heavy atom. The van der Waals surface area contributed by atoms with E-state index in [2.05, 4.69) is 4.98 Å². The molecule has 21 heavy (non-hydrogen) atoms. The van der Waals surface area contributed by atoms with E-state index in [-0.39, 0.29) is 5.91 Å². The summed E-state index contributed by atoms with van der Waals surface area (Å²) in [5.41, 5.74) is 2.10. The van der Waals surface area contributed by atoms with Crippen molar-refractivity contribution in [1.29, 1.82) is 0 Å². The van der Waals surface area contributed by atoms with Crippen molar-refractivity contribution in [3.63, 3.8) is 0 Å². The molecular weight excluding hydrogens is 307 g/mol. The van der Waals surface area contributed by atoms with Crippen molar-refractivity contribution in [1.82, 2.24) is 9.88 Å². The largest absolute Gasteiger partial charge is 0.334 e. The van der Waals surface area contributed by atoms with Crippen molar-refractivity contribution < 1.29 is 4.79 Å². The summed E-state index contributed by atoms with van der Waals surface area (Å²) in [6.07, 6.45) is 1.52. The minimum Gasteiger partial charge on any atom is -0.334 e. The maximum absolute atomic E-state index is 12.6. The van der Waals surface area contributed by atoms with Crippen LogP contribution < -0.4 is 0 Å². The Morgan fingerprint density at radius 3 is 2.57 bits per heavy atom. The van der Waals surface area contributed by atoms with Gasteiger partial charge in [0.1, 0.15) is 0 Å². The van der Waals surface area contributed by atoms with E-state index in [1.54, 1.807) is 11.0 Å². The van der Waals surface area contributed by atoms with Gasteiger partial charge >= 0.3 is 0 Å². The smallest absolute Gasteiger partial charge is 0.257 e. The lowest BCUT2D eigenvalue weighted by molar-refractivity contribution is 0.0752. The zero-order chi connectivity index (χ0) is 15.4. The monoisotopic (exact) mass is 322 g/mol. The number of nitrogens with zero attached hydrogens (tertiary/aromatic N) is 2. The number of amides is 1. The van der Waals surface area contributed by atoms with E-state index in [0.29, 0.717) is 28.7 Å². The van der Waals surface area contributed by atoms with E-state index in [1.807, 2.05) is 38.1 Å². The number of pyridine rings is 1. The summed E-state index contributed by atoms with van der Waals surface area (Å²) in [5, 5.41) is 1.07. The van der Waals surface area contributed by atoms with E-state index >= 15 is 0 Å². The fourth-order valence-corrected chi connectivity index (χ4v) is 2.50. The summed E-state index contributed by atoms with van der Waals surface area (Å²) in [6, 6.07) is 9.19. The van der Waals surface area contributed by atoms with E-state index in [1.165, 1.54) is 6.20 Å². The first-order valence-electron chi connectivity index (χ1n) is 6.67. The molecule has 2 aromatic rings. The van der Waals surface area contributed by atoms with Gasteiger partial charge in [0.15, 0.2) is 0 Å². The highest BCUT2D eigenvalue weighted by Gasteiger charge is 2.18. The van der Waals surface area contributed by atoms with Crippen LogP contribution in [0.3, 0.4) is 0 Å². The molecule has 0 saturated carbocycles. The third kappa shape index (κ3) is 3.74. The molecule has 0 aliphatic rings. The first-order valence-corrected chi connectivity index (χ1v) is 7.43. The summed E-state index contributed by atoms with van der Waals surface area (Å²) >= 11 is 12.3. The van der Waals surface area contributed by atoms with Gasteiger partial charge in [-0.25, -0.2) is 0 Å². The molecule has 0 aliphatic carbocycles. The van der Waals surface area contributed by atoms with Gasteiger partial charge < -0.3 is 4.90 Å². The normalized spacial score (nSPS) is 10.5. The van der Waals surface area contributed by atoms with Crippen LogP contribution in [0.25, 0.3) is 0 Å². The molecule has 5 heteroatoms. The number of carbonyl (C=O) groups is 1. The SMILES string of the molecule is CCN(Cc1ccccc1Cl)C(=O)c1cnc(C)cc1Cl. The standard InChI is InChI=1S/C16H16Cl2N2O/c1-3-20(10-12-6-4-5-7-14(12)17)16(21)13-9-19-11(2)8-15(13)18/h4-9H,3,10H2,1-2H3. The average molecular weight is 323 g/mol. The maximum Gasteiger partial charge on any atom is 0.257 e. The second kappa shape index (κ2) is 6.92. The molecule has 0 fully saturated rings. The minimum absolute atomic E-state index is 0.144. The molecule has 0 spiro atoms. The summed E-state index contributed by atoms with van der Waals surface area (Å²) in [7, 11) is 0. The number of aryl methyl sites for hydroxylation is 1. The zero-order valence-electron chi connectivity index (χ0n) is 11.9. The molecule has 2 rings (SSSR count). The van der Waals surface area contributed by atoms with Crippen LogP contribution in [0.4, 0.5) is 0 Å². The van der Waals surface area contributed by atoms with Crippen LogP contribution in [-0.4, -0.2) is 22.3 Å². The second-order valence-electron chi connectivity index (χ2n) is 4.72. The van der Waals surface area contributed by atoms with Crippen LogP contribution in [0.2, 0.25) is 10.0 Å². The topological polar surface area (TPSA) is 33.2 Å². The van der Waals surface area contributed by atoms with Crippen LogP contribution in [0.15, 0.2) is 36.5 Å². The Hall–Kier alpha value is -1.58. The molecule has 0 atom stereocenters. The molecule has 0 bridgehead atoms. The van der Waals surface area contributed by atoms with Crippen molar-refractivity contribution >= 4 is 29.1 Å². The number of hydrogen-bond donors (Lipinski definition) is 0. The molecule has 0 saturated heterocycles. The predicted molar refractivity (Wildman–Crippen MR) is 85.9 cm³/mol. The lowest BCUT2D eigenvalue weighted by Gasteiger charge is -2.22. The second-order valence-corrected chi connectivity index (χ2v) is 5.53. The summed E-state index contributed by atoms with van der Waals surface area (Å²) < 4.78 is 0. The molecule has 0 radical (unpaired) electrons. The van der Waals surface area contributed by atoms with E-state index in [9.17, 15) is 4.79 Å². The van der Waals surface area contributed by atoms with Gasteiger partial charge in [-0.05, 0) is 31.5 Å². The maximum atomic E-state index is 12.6. The molecule has 0 unspecified atom stereocenters. The van der Waals surface area contributed by atoms with E-state index in [4.69, 9.17) is 23.2 Å². The van der Waals surface area contributed by atoms with Gasteiger partial charge in [-0.1, -0.05) is 41.4 Å². The number of carbonyl (C=O) groups excluding carboxylic acids is 1. The Bertz CT molecular complexity index is 658. The van der Waals surface area contributed by atoms with Crippen molar-refractivity contribution in [3.8, 4) is 0 Å². The molecule has 3 nitrogen and oxygen atoms in total. The number of halogens is 2. The summed E-state index contributed by atoms with van der Waals surface area (Å²) in [5.74, 6) is -0.144. The van der Waals surface area contributed by atoms with Gasteiger partial charge in [0.2, 0.25) is 0 Å². The van der Waals surface area contributed by atoms with E-state index in [0.717, 1.165) is 11.3 Å². The third-order valence-electron chi connectivity index (χ3n) is 3.21. The molecule has 1 aromatic heterocycles. The lowest BCUT2D eigenvalue weighted by atomic mass is 10.1. The van der Waals surface area contributed by atoms with Crippen LogP contribution in [0, 0.1) is 6.92 Å². The molecule has 110 valence electrons. The lowest BCUT2D eigenvalue weighted by Crippen LogP contribution is -2.30. The highest BCUT2D eigenvalue weighted by molar-refractivity contribution is 6.33. The van der Waals surface area contributed by atoms with Crippen molar-refractivity contribution in [2.75, 3.05) is 6.54 Å². The van der Waals surface area contributed by atoms with Crippen molar-refractivity contribution in [2.45, 2.75) is 20.4 Å². The minimum atomic E-state index is -0.144. The molecule has 1 amide bonds. The Morgan fingerprint density at radius 2 is 1.95 bits per heavy atom. The van der Waals surface area contributed by atoms with Crippen molar-refractivity contribution in [2.24, 2.45) is 0 Å². The van der Waals surface area contributed by atoms with Gasteiger partial charge in [0, 0.05) is 30.0 Å². The van der Waals surface area contributed by atoms with Crippen LogP contribution in [0.5, 0.6) is 0 Å². The third-order valence-corrected chi connectivity index (χ3v) is 3.89. The first kappa shape index (κ1) is 15.8. The average Bonchev–Trinajstić information content (AvgIpc) is 2.46. The van der Waals surface area contributed by atoms with Gasteiger partial charge in [0.25, 0.3) is 5.91 Å². The predicted octanol–water partition coefficient (Wildman–Crippen LogP) is 4.36. The zero-order valence-corrected chi connectivity index (χ0v) is 13.4. The first-order chi connectivity index (χ1) is 10.0. The van der Waals surface area contributed by atoms with Gasteiger partial charge in [-0.15, -0.1) is 0 Å². The quantitative estimate of drug-likeness (QED) is 0.837. The molecule has 0 N–H and O–H groups in total. The highest BCUT2D eigenvalue weighted by atomic mass is 35.5. The van der Waals surface area contributed by atoms with Gasteiger partial charge in [-0.3, -0.25) is 9.78 Å². The van der Waals surface area contributed by atoms with Crippen LogP contribution in [0.1, 0.15) is 28.5 Å². The fraction of sp³-hybridized carbons (Fsp3) is 0.250. The molecule has 1 heterocycles. The number of rotatable bonds is 4. The summed E-state index contributed by atoms with van der Waals surface area (Å²) in [4.78, 5) is 18.4. The van der Waals surface area contributed by atoms with E-state index < -0.39 is 0 Å². The highest BCUT2D eigenvalue weighted by Crippen LogP contribution is 2.21. The van der Waals surface area contributed by atoms with Gasteiger partial charge in [-0.2, -0.15) is 0 Å². The molecular formula is C16H16Cl2N2O. The molecule has 1 aromatic carbocycles. The fourth-order valence-electron chi connectivity index (χ4n) is 2.01. The number of benzene rings is 1. The Balaban J connectivity index is 2.25.